The van der Waals surface area contributed by atoms with Crippen LogP contribution in [0.5, 0.6) is 0 Å². The summed E-state index contributed by atoms with van der Waals surface area (Å²) in [4.78, 5) is 12.3. The van der Waals surface area contributed by atoms with E-state index < -0.39 is 17.2 Å². The van der Waals surface area contributed by atoms with E-state index >= 15 is 0 Å². The molecule has 1 atom stereocenters. The third-order valence-corrected chi connectivity index (χ3v) is 4.15. The van der Waals surface area contributed by atoms with Crippen LogP contribution in [-0.2, 0) is 4.79 Å². The molecule has 0 spiro atoms. The average molecular weight is 333 g/mol. The van der Waals surface area contributed by atoms with Crippen LogP contribution in [0.3, 0.4) is 0 Å². The molecule has 3 nitrogen and oxygen atoms in total. The van der Waals surface area contributed by atoms with Gasteiger partial charge in [0.05, 0.1) is 15.7 Å². The highest BCUT2D eigenvalue weighted by Gasteiger charge is 2.39. The van der Waals surface area contributed by atoms with E-state index in [2.05, 4.69) is 26.6 Å². The minimum absolute atomic E-state index is 0.0141. The molecule has 0 aliphatic carbocycles. The minimum Gasteiger partial charge on any atom is -0.322 e. The number of amides is 1. The van der Waals surface area contributed by atoms with Crippen LogP contribution >= 0.6 is 15.9 Å². The molecule has 104 valence electrons. The lowest BCUT2D eigenvalue weighted by atomic mass is 9.93. The van der Waals surface area contributed by atoms with Crippen LogP contribution in [0.2, 0.25) is 0 Å². The van der Waals surface area contributed by atoms with Crippen LogP contribution in [0, 0.1) is 11.6 Å². The zero-order chi connectivity index (χ0) is 14.0. The largest absolute Gasteiger partial charge is 0.322 e. The second-order valence-electron chi connectivity index (χ2n) is 4.67. The molecule has 1 aromatic carbocycles. The molecule has 1 fully saturated rings. The normalized spacial score (nSPS) is 22.5. The summed E-state index contributed by atoms with van der Waals surface area (Å²) in [6, 6.07) is 1.99. The number of anilines is 1. The summed E-state index contributed by atoms with van der Waals surface area (Å²) < 4.78 is 26.9. The molecule has 0 radical (unpaired) electrons. The number of nitrogens with one attached hydrogen (secondary N) is 2. The molecule has 1 aromatic rings. The van der Waals surface area contributed by atoms with Crippen molar-refractivity contribution < 1.29 is 13.6 Å². The smallest absolute Gasteiger partial charge is 0.244 e. The van der Waals surface area contributed by atoms with Gasteiger partial charge in [-0.05, 0) is 47.8 Å². The molecule has 1 heterocycles. The molecule has 1 amide bonds. The zero-order valence-corrected chi connectivity index (χ0v) is 12.1. The van der Waals surface area contributed by atoms with E-state index in [-0.39, 0.29) is 16.1 Å². The minimum atomic E-state index is -0.779. The van der Waals surface area contributed by atoms with Gasteiger partial charge in [0.1, 0.15) is 11.6 Å². The van der Waals surface area contributed by atoms with Crippen LogP contribution in [-0.4, -0.2) is 18.0 Å². The molecule has 0 saturated carbocycles. The molecular weight excluding hydrogens is 318 g/mol. The van der Waals surface area contributed by atoms with Crippen LogP contribution in [0.4, 0.5) is 14.5 Å². The molecule has 1 unspecified atom stereocenters. The first-order valence-corrected chi connectivity index (χ1v) is 6.99. The van der Waals surface area contributed by atoms with Crippen molar-refractivity contribution in [3.05, 3.63) is 28.2 Å². The molecule has 19 heavy (non-hydrogen) atoms. The van der Waals surface area contributed by atoms with Crippen molar-refractivity contribution in [2.75, 3.05) is 11.9 Å². The standard InChI is InChI=1S/C13H15BrF2N2O/c1-2-13(4-3-5-17-13)12(19)18-11-6-8(14)9(15)7-10(11)16/h6-7,17H,2-5H2,1H3,(H,18,19). The Kier molecular flexibility index (Phi) is 4.20. The second kappa shape index (κ2) is 5.54. The maximum absolute atomic E-state index is 13.6. The number of carbonyl (C=O) groups is 1. The fourth-order valence-electron chi connectivity index (χ4n) is 2.32. The molecule has 2 rings (SSSR count). The Balaban J connectivity index is 2.21. The van der Waals surface area contributed by atoms with Gasteiger partial charge in [0.25, 0.3) is 0 Å². The van der Waals surface area contributed by atoms with E-state index in [1.807, 2.05) is 6.92 Å². The average Bonchev–Trinajstić information content (AvgIpc) is 2.86. The van der Waals surface area contributed by atoms with E-state index in [1.165, 1.54) is 6.07 Å². The molecule has 0 aromatic heterocycles. The maximum Gasteiger partial charge on any atom is 0.244 e. The predicted molar refractivity (Wildman–Crippen MR) is 72.9 cm³/mol. The highest BCUT2D eigenvalue weighted by atomic mass is 79.9. The number of benzene rings is 1. The third-order valence-electron chi connectivity index (χ3n) is 3.54. The van der Waals surface area contributed by atoms with Crippen molar-refractivity contribution in [3.63, 3.8) is 0 Å². The van der Waals surface area contributed by atoms with Crippen LogP contribution in [0.1, 0.15) is 26.2 Å². The first kappa shape index (κ1) is 14.4. The SMILES string of the molecule is CCC1(C(=O)Nc2cc(Br)c(F)cc2F)CCCN1. The summed E-state index contributed by atoms with van der Waals surface area (Å²) in [5, 5.41) is 5.70. The van der Waals surface area contributed by atoms with Crippen molar-refractivity contribution in [2.45, 2.75) is 31.7 Å². The van der Waals surface area contributed by atoms with Gasteiger partial charge in [-0.1, -0.05) is 6.92 Å². The van der Waals surface area contributed by atoms with Gasteiger partial charge in [0, 0.05) is 6.07 Å². The van der Waals surface area contributed by atoms with Gasteiger partial charge in [0.15, 0.2) is 0 Å². The van der Waals surface area contributed by atoms with Crippen LogP contribution in [0.15, 0.2) is 16.6 Å². The lowest BCUT2D eigenvalue weighted by molar-refractivity contribution is -0.122. The molecule has 1 aliphatic rings. The van der Waals surface area contributed by atoms with Gasteiger partial charge in [-0.15, -0.1) is 0 Å². The number of halogens is 3. The van der Waals surface area contributed by atoms with E-state index in [4.69, 9.17) is 0 Å². The highest BCUT2D eigenvalue weighted by Crippen LogP contribution is 2.28. The summed E-state index contributed by atoms with van der Waals surface area (Å²) in [6.45, 7) is 2.69. The Morgan fingerprint density at radius 2 is 2.21 bits per heavy atom. The summed E-state index contributed by atoms with van der Waals surface area (Å²) in [6.07, 6.45) is 2.26. The summed E-state index contributed by atoms with van der Waals surface area (Å²) in [7, 11) is 0. The Morgan fingerprint density at radius 1 is 1.47 bits per heavy atom. The van der Waals surface area contributed by atoms with Crippen molar-refractivity contribution in [2.24, 2.45) is 0 Å². The topological polar surface area (TPSA) is 41.1 Å². The maximum atomic E-state index is 13.6. The van der Waals surface area contributed by atoms with Crippen LogP contribution in [0.25, 0.3) is 0 Å². The molecular formula is C13H15BrF2N2O. The van der Waals surface area contributed by atoms with E-state index in [0.29, 0.717) is 6.42 Å². The quantitative estimate of drug-likeness (QED) is 0.834. The molecule has 0 bridgehead atoms. The fraction of sp³-hybridized carbons (Fsp3) is 0.462. The van der Waals surface area contributed by atoms with Gasteiger partial charge in [-0.25, -0.2) is 8.78 Å². The molecule has 1 aliphatic heterocycles. The lowest BCUT2D eigenvalue weighted by Crippen LogP contribution is -2.50. The predicted octanol–water partition coefficient (Wildman–Crippen LogP) is 3.20. The Bertz CT molecular complexity index is 502. The first-order chi connectivity index (χ1) is 8.98. The van der Waals surface area contributed by atoms with E-state index in [1.54, 1.807) is 0 Å². The summed E-state index contributed by atoms with van der Waals surface area (Å²) >= 11 is 2.98. The van der Waals surface area contributed by atoms with Crippen molar-refractivity contribution >= 4 is 27.5 Å². The zero-order valence-electron chi connectivity index (χ0n) is 10.5. The molecule has 2 N–H and O–H groups in total. The summed E-state index contributed by atoms with van der Waals surface area (Å²) in [5.74, 6) is -1.75. The van der Waals surface area contributed by atoms with Gasteiger partial charge in [0.2, 0.25) is 5.91 Å². The highest BCUT2D eigenvalue weighted by molar-refractivity contribution is 9.10. The van der Waals surface area contributed by atoms with Gasteiger partial charge in [-0.2, -0.15) is 0 Å². The van der Waals surface area contributed by atoms with Crippen molar-refractivity contribution in [1.29, 1.82) is 0 Å². The van der Waals surface area contributed by atoms with Crippen molar-refractivity contribution in [1.82, 2.24) is 5.32 Å². The first-order valence-electron chi connectivity index (χ1n) is 6.19. The van der Waals surface area contributed by atoms with Crippen LogP contribution < -0.4 is 10.6 Å². The number of carbonyl (C=O) groups excluding carboxylic acids is 1. The van der Waals surface area contributed by atoms with E-state index in [0.717, 1.165) is 25.5 Å². The molecule has 1 saturated heterocycles. The summed E-state index contributed by atoms with van der Waals surface area (Å²) in [5.41, 5.74) is -0.660. The van der Waals surface area contributed by atoms with Gasteiger partial charge < -0.3 is 10.6 Å². The Labute approximate surface area is 118 Å². The second-order valence-corrected chi connectivity index (χ2v) is 5.52. The Hall–Kier alpha value is -1.01. The number of rotatable bonds is 3. The monoisotopic (exact) mass is 332 g/mol. The number of hydrogen-bond donors (Lipinski definition) is 2. The van der Waals surface area contributed by atoms with Gasteiger partial charge in [-0.3, -0.25) is 4.79 Å². The number of hydrogen-bond acceptors (Lipinski definition) is 2. The fourth-order valence-corrected chi connectivity index (χ4v) is 2.67. The third kappa shape index (κ3) is 2.79. The lowest BCUT2D eigenvalue weighted by Gasteiger charge is -2.26. The Morgan fingerprint density at radius 3 is 2.79 bits per heavy atom. The van der Waals surface area contributed by atoms with Gasteiger partial charge >= 0.3 is 0 Å². The molecule has 6 heteroatoms. The van der Waals surface area contributed by atoms with E-state index in [9.17, 15) is 13.6 Å². The van der Waals surface area contributed by atoms with Crippen molar-refractivity contribution in [3.8, 4) is 0 Å².